The minimum atomic E-state index is -0.653. The van der Waals surface area contributed by atoms with E-state index in [2.05, 4.69) is 25.7 Å². The third-order valence-corrected chi connectivity index (χ3v) is 4.23. The van der Waals surface area contributed by atoms with E-state index in [1.54, 1.807) is 0 Å². The van der Waals surface area contributed by atoms with Crippen molar-refractivity contribution in [1.29, 1.82) is 0 Å². The average Bonchev–Trinajstić information content (AvgIpc) is 2.16. The van der Waals surface area contributed by atoms with Crippen LogP contribution in [0.5, 0.6) is 0 Å². The van der Waals surface area contributed by atoms with Gasteiger partial charge in [0.05, 0.1) is 0 Å². The maximum atomic E-state index is 11.3. The lowest BCUT2D eigenvalue weighted by Gasteiger charge is -2.38. The number of aliphatic carboxylic acids is 1. The van der Waals surface area contributed by atoms with E-state index in [4.69, 9.17) is 0 Å². The molecule has 0 spiro atoms. The van der Waals surface area contributed by atoms with E-state index in [1.807, 2.05) is 11.8 Å². The molecule has 3 unspecified atom stereocenters. The van der Waals surface area contributed by atoms with Crippen LogP contribution in [0.25, 0.3) is 0 Å². The lowest BCUT2D eigenvalue weighted by Crippen LogP contribution is -2.49. The van der Waals surface area contributed by atoms with Crippen molar-refractivity contribution in [1.82, 2.24) is 4.90 Å². The van der Waals surface area contributed by atoms with Gasteiger partial charge in [0, 0.05) is 23.6 Å². The molecule has 94 valence electrons. The first-order valence-electron chi connectivity index (χ1n) is 6.17. The van der Waals surface area contributed by atoms with Crippen LogP contribution in [0, 0.1) is 0 Å². The highest BCUT2D eigenvalue weighted by Gasteiger charge is 2.31. The second-order valence-electron chi connectivity index (χ2n) is 4.71. The molecule has 1 N–H and O–H groups in total. The van der Waals surface area contributed by atoms with Crippen molar-refractivity contribution in [3.8, 4) is 0 Å². The third kappa shape index (κ3) is 3.98. The van der Waals surface area contributed by atoms with Gasteiger partial charge in [0.25, 0.3) is 0 Å². The summed E-state index contributed by atoms with van der Waals surface area (Å²) < 4.78 is 0. The van der Waals surface area contributed by atoms with Crippen molar-refractivity contribution in [2.24, 2.45) is 0 Å². The molecule has 3 nitrogen and oxygen atoms in total. The minimum Gasteiger partial charge on any atom is -0.480 e. The van der Waals surface area contributed by atoms with Gasteiger partial charge in [-0.15, -0.1) is 0 Å². The summed E-state index contributed by atoms with van der Waals surface area (Å²) >= 11 is 1.96. The van der Waals surface area contributed by atoms with Crippen molar-refractivity contribution in [2.45, 2.75) is 56.6 Å². The van der Waals surface area contributed by atoms with Crippen molar-refractivity contribution in [3.63, 3.8) is 0 Å². The Balaban J connectivity index is 2.58. The lowest BCUT2D eigenvalue weighted by molar-refractivity contribution is -0.143. The predicted molar refractivity (Wildman–Crippen MR) is 69.0 cm³/mol. The highest BCUT2D eigenvalue weighted by molar-refractivity contribution is 8.00. The first-order chi connectivity index (χ1) is 7.54. The molecule has 0 radical (unpaired) electrons. The minimum absolute atomic E-state index is 0.272. The van der Waals surface area contributed by atoms with E-state index in [1.165, 1.54) is 0 Å². The van der Waals surface area contributed by atoms with Crippen LogP contribution >= 0.6 is 11.8 Å². The number of thioether (sulfide) groups is 1. The van der Waals surface area contributed by atoms with Gasteiger partial charge in [-0.1, -0.05) is 33.6 Å². The predicted octanol–water partition coefficient (Wildman–Crippen LogP) is 2.46. The van der Waals surface area contributed by atoms with E-state index < -0.39 is 5.97 Å². The van der Waals surface area contributed by atoms with Crippen LogP contribution < -0.4 is 0 Å². The summed E-state index contributed by atoms with van der Waals surface area (Å²) in [6.07, 6.45) is 2.86. The number of carboxylic acids is 1. The first kappa shape index (κ1) is 13.8. The van der Waals surface area contributed by atoms with Gasteiger partial charge >= 0.3 is 5.97 Å². The highest BCUT2D eigenvalue weighted by Crippen LogP contribution is 2.27. The number of hydrogen-bond acceptors (Lipinski definition) is 3. The van der Waals surface area contributed by atoms with Crippen LogP contribution in [0.2, 0.25) is 0 Å². The van der Waals surface area contributed by atoms with Crippen LogP contribution in [0.1, 0.15) is 40.0 Å². The Kier molecular flexibility index (Phi) is 5.62. The van der Waals surface area contributed by atoms with Gasteiger partial charge in [0.1, 0.15) is 6.04 Å². The Hall–Kier alpha value is -0.220. The molecular formula is C12H23NO2S. The topological polar surface area (TPSA) is 40.5 Å². The Morgan fingerprint density at radius 2 is 2.00 bits per heavy atom. The molecule has 3 atom stereocenters. The highest BCUT2D eigenvalue weighted by atomic mass is 32.2. The molecule has 0 saturated carbocycles. The van der Waals surface area contributed by atoms with Crippen LogP contribution in [0.3, 0.4) is 0 Å². The largest absolute Gasteiger partial charge is 0.480 e. The average molecular weight is 245 g/mol. The van der Waals surface area contributed by atoms with Crippen molar-refractivity contribution >= 4 is 17.7 Å². The van der Waals surface area contributed by atoms with E-state index in [0.29, 0.717) is 10.5 Å². The molecule has 0 aromatic heterocycles. The number of nitrogens with zero attached hydrogens (tertiary/aromatic N) is 1. The molecule has 1 rings (SSSR count). The Morgan fingerprint density at radius 3 is 2.44 bits per heavy atom. The van der Waals surface area contributed by atoms with Gasteiger partial charge in [-0.25, -0.2) is 0 Å². The van der Waals surface area contributed by atoms with Crippen molar-refractivity contribution in [2.75, 3.05) is 13.1 Å². The summed E-state index contributed by atoms with van der Waals surface area (Å²) in [5, 5.41) is 10.4. The monoisotopic (exact) mass is 245 g/mol. The molecule has 16 heavy (non-hydrogen) atoms. The van der Waals surface area contributed by atoms with Crippen LogP contribution in [0.4, 0.5) is 0 Å². The van der Waals surface area contributed by atoms with E-state index in [9.17, 15) is 9.90 Å². The summed E-state index contributed by atoms with van der Waals surface area (Å²) in [6, 6.07) is -0.272. The molecule has 1 aliphatic heterocycles. The van der Waals surface area contributed by atoms with Gasteiger partial charge in [-0.2, -0.15) is 11.8 Å². The molecule has 0 aliphatic carbocycles. The SMILES string of the molecule is CCCCC(C(=O)O)N1CC(C)SC(C)C1. The molecule has 0 bridgehead atoms. The zero-order valence-electron chi connectivity index (χ0n) is 10.5. The molecule has 1 saturated heterocycles. The van der Waals surface area contributed by atoms with Gasteiger partial charge in [-0.05, 0) is 6.42 Å². The van der Waals surface area contributed by atoms with Gasteiger partial charge in [-0.3, -0.25) is 9.69 Å². The zero-order chi connectivity index (χ0) is 12.1. The number of carbonyl (C=O) groups is 1. The van der Waals surface area contributed by atoms with Gasteiger partial charge < -0.3 is 5.11 Å². The molecule has 0 aromatic rings. The Bertz CT molecular complexity index is 225. The second kappa shape index (κ2) is 6.50. The zero-order valence-corrected chi connectivity index (χ0v) is 11.3. The summed E-state index contributed by atoms with van der Waals surface area (Å²) in [6.45, 7) is 8.31. The summed E-state index contributed by atoms with van der Waals surface area (Å²) in [4.78, 5) is 13.4. The molecule has 0 amide bonds. The van der Waals surface area contributed by atoms with Crippen molar-refractivity contribution < 1.29 is 9.90 Å². The summed E-state index contributed by atoms with van der Waals surface area (Å²) in [5.74, 6) is -0.653. The quantitative estimate of drug-likeness (QED) is 0.808. The number of hydrogen-bond donors (Lipinski definition) is 1. The number of rotatable bonds is 5. The first-order valence-corrected chi connectivity index (χ1v) is 7.11. The molecule has 4 heteroatoms. The fraction of sp³-hybridized carbons (Fsp3) is 0.917. The molecule has 1 aliphatic rings. The smallest absolute Gasteiger partial charge is 0.320 e. The molecular weight excluding hydrogens is 222 g/mol. The molecule has 1 heterocycles. The second-order valence-corrected chi connectivity index (χ2v) is 6.59. The van der Waals surface area contributed by atoms with E-state index in [-0.39, 0.29) is 6.04 Å². The molecule has 1 fully saturated rings. The maximum Gasteiger partial charge on any atom is 0.320 e. The van der Waals surface area contributed by atoms with Crippen LogP contribution in [0.15, 0.2) is 0 Å². The van der Waals surface area contributed by atoms with Crippen molar-refractivity contribution in [3.05, 3.63) is 0 Å². The van der Waals surface area contributed by atoms with Crippen LogP contribution in [-0.2, 0) is 4.79 Å². The van der Waals surface area contributed by atoms with Gasteiger partial charge in [0.2, 0.25) is 0 Å². The maximum absolute atomic E-state index is 11.3. The van der Waals surface area contributed by atoms with E-state index in [0.717, 1.165) is 32.4 Å². The normalized spacial score (nSPS) is 28.9. The standard InChI is InChI=1S/C12H23NO2S/c1-4-5-6-11(12(14)15)13-7-9(2)16-10(3)8-13/h9-11H,4-8H2,1-3H3,(H,14,15). The Labute approximate surface area is 103 Å². The third-order valence-electron chi connectivity index (χ3n) is 3.00. The lowest BCUT2D eigenvalue weighted by atomic mass is 10.1. The number of carboxylic acid groups (broad SMARTS) is 1. The number of unbranched alkanes of at least 4 members (excludes halogenated alkanes) is 1. The van der Waals surface area contributed by atoms with Gasteiger partial charge in [0.15, 0.2) is 0 Å². The fourth-order valence-corrected chi connectivity index (χ4v) is 3.68. The fourth-order valence-electron chi connectivity index (χ4n) is 2.33. The van der Waals surface area contributed by atoms with Crippen LogP contribution in [-0.4, -0.2) is 45.6 Å². The summed E-state index contributed by atoms with van der Waals surface area (Å²) in [7, 11) is 0. The van der Waals surface area contributed by atoms with E-state index >= 15 is 0 Å². The molecule has 0 aromatic carbocycles. The summed E-state index contributed by atoms with van der Waals surface area (Å²) in [5.41, 5.74) is 0. The Morgan fingerprint density at radius 1 is 1.44 bits per heavy atom.